The fourth-order valence-electron chi connectivity index (χ4n) is 3.93. The molecule has 0 aliphatic carbocycles. The van der Waals surface area contributed by atoms with Crippen LogP contribution in [0.4, 0.5) is 11.4 Å². The Morgan fingerprint density at radius 3 is 2.11 bits per heavy atom. The zero-order valence-electron chi connectivity index (χ0n) is 19.4. The van der Waals surface area contributed by atoms with Gasteiger partial charge in [-0.25, -0.2) is 4.79 Å². The molecule has 1 heterocycles. The van der Waals surface area contributed by atoms with Crippen LogP contribution in [0.1, 0.15) is 26.3 Å². The smallest absolute Gasteiger partial charge is 0.344 e. The van der Waals surface area contributed by atoms with E-state index in [-0.39, 0.29) is 11.8 Å². The molecule has 6 nitrogen and oxygen atoms in total. The maximum atomic E-state index is 12.8. The van der Waals surface area contributed by atoms with Crippen molar-refractivity contribution in [2.45, 2.75) is 6.92 Å². The van der Waals surface area contributed by atoms with Gasteiger partial charge in [0.05, 0.1) is 5.56 Å². The number of hydrogen-bond acceptors (Lipinski definition) is 4. The van der Waals surface area contributed by atoms with Crippen molar-refractivity contribution in [1.29, 1.82) is 0 Å². The SMILES string of the molecule is Cc1cc(NC(=O)c2ccc(-c3cc4ccccc4oc3=O)cc2)ccc1NC(=O)c1ccccc1. The second-order valence-electron chi connectivity index (χ2n) is 8.37. The minimum absolute atomic E-state index is 0.198. The van der Waals surface area contributed by atoms with E-state index >= 15 is 0 Å². The molecule has 2 N–H and O–H groups in total. The molecule has 0 atom stereocenters. The van der Waals surface area contributed by atoms with Gasteiger partial charge in [0.15, 0.2) is 0 Å². The molecule has 0 unspecified atom stereocenters. The third kappa shape index (κ3) is 4.79. The average molecular weight is 475 g/mol. The standard InChI is InChI=1S/C30H22N2O4/c1-19-17-24(15-16-26(19)32-29(34)21-7-3-2-4-8-21)31-28(33)22-13-11-20(12-14-22)25-18-23-9-5-6-10-27(23)36-30(25)35/h2-18H,1H3,(H,31,33)(H,32,34). The van der Waals surface area contributed by atoms with Gasteiger partial charge in [-0.15, -0.1) is 0 Å². The van der Waals surface area contributed by atoms with Crippen LogP contribution in [0.25, 0.3) is 22.1 Å². The van der Waals surface area contributed by atoms with Crippen molar-refractivity contribution < 1.29 is 14.0 Å². The number of nitrogens with one attached hydrogen (secondary N) is 2. The van der Waals surface area contributed by atoms with E-state index in [2.05, 4.69) is 10.6 Å². The van der Waals surface area contributed by atoms with Crippen LogP contribution in [0, 0.1) is 6.92 Å². The highest BCUT2D eigenvalue weighted by molar-refractivity contribution is 6.06. The van der Waals surface area contributed by atoms with Crippen molar-refractivity contribution in [3.63, 3.8) is 0 Å². The molecule has 0 spiro atoms. The molecule has 1 aromatic heterocycles. The van der Waals surface area contributed by atoms with Gasteiger partial charge in [-0.1, -0.05) is 48.5 Å². The molecule has 5 rings (SSSR count). The van der Waals surface area contributed by atoms with Crippen molar-refractivity contribution in [1.82, 2.24) is 0 Å². The highest BCUT2D eigenvalue weighted by Gasteiger charge is 2.12. The molecule has 0 saturated heterocycles. The summed E-state index contributed by atoms with van der Waals surface area (Å²) in [7, 11) is 0. The van der Waals surface area contributed by atoms with Gasteiger partial charge in [0.2, 0.25) is 0 Å². The second kappa shape index (κ2) is 9.72. The van der Waals surface area contributed by atoms with E-state index in [1.807, 2.05) is 43.3 Å². The molecule has 6 heteroatoms. The topological polar surface area (TPSA) is 88.4 Å². The van der Waals surface area contributed by atoms with E-state index in [4.69, 9.17) is 4.42 Å². The first-order chi connectivity index (χ1) is 17.5. The van der Waals surface area contributed by atoms with Crippen LogP contribution in [0.2, 0.25) is 0 Å². The Kier molecular flexibility index (Phi) is 6.16. The van der Waals surface area contributed by atoms with Crippen molar-refractivity contribution in [2.24, 2.45) is 0 Å². The number of rotatable bonds is 5. The Morgan fingerprint density at radius 2 is 1.36 bits per heavy atom. The number of carbonyl (C=O) groups is 2. The quantitative estimate of drug-likeness (QED) is 0.294. The fraction of sp³-hybridized carbons (Fsp3) is 0.0333. The third-order valence-corrected chi connectivity index (χ3v) is 5.87. The van der Waals surface area contributed by atoms with Crippen LogP contribution in [0.5, 0.6) is 0 Å². The lowest BCUT2D eigenvalue weighted by molar-refractivity contribution is 0.101. The lowest BCUT2D eigenvalue weighted by Crippen LogP contribution is -2.14. The number of para-hydroxylation sites is 1. The van der Waals surface area contributed by atoms with E-state index in [0.29, 0.717) is 39.2 Å². The summed E-state index contributed by atoms with van der Waals surface area (Å²) in [5.74, 6) is -0.483. The van der Waals surface area contributed by atoms with Gasteiger partial charge >= 0.3 is 5.63 Å². The van der Waals surface area contributed by atoms with E-state index in [9.17, 15) is 14.4 Å². The zero-order valence-corrected chi connectivity index (χ0v) is 19.4. The number of anilines is 2. The lowest BCUT2D eigenvalue weighted by atomic mass is 10.0. The first kappa shape index (κ1) is 22.8. The minimum atomic E-state index is -0.430. The molecular weight excluding hydrogens is 452 g/mol. The van der Waals surface area contributed by atoms with Gasteiger partial charge in [-0.05, 0) is 72.6 Å². The van der Waals surface area contributed by atoms with Gasteiger partial charge in [0.1, 0.15) is 5.58 Å². The maximum absolute atomic E-state index is 12.8. The van der Waals surface area contributed by atoms with Crippen LogP contribution in [-0.4, -0.2) is 11.8 Å². The van der Waals surface area contributed by atoms with E-state index in [0.717, 1.165) is 10.9 Å². The van der Waals surface area contributed by atoms with Crippen LogP contribution in [0.3, 0.4) is 0 Å². The first-order valence-electron chi connectivity index (χ1n) is 11.4. The van der Waals surface area contributed by atoms with Gasteiger partial charge in [0.25, 0.3) is 11.8 Å². The lowest BCUT2D eigenvalue weighted by Gasteiger charge is -2.12. The third-order valence-electron chi connectivity index (χ3n) is 5.87. The highest BCUT2D eigenvalue weighted by atomic mass is 16.4. The molecule has 36 heavy (non-hydrogen) atoms. The summed E-state index contributed by atoms with van der Waals surface area (Å²) < 4.78 is 5.41. The van der Waals surface area contributed by atoms with E-state index < -0.39 is 5.63 Å². The Balaban J connectivity index is 1.29. The predicted octanol–water partition coefficient (Wildman–Crippen LogP) is 6.27. The number of fused-ring (bicyclic) bond motifs is 1. The summed E-state index contributed by atoms with van der Waals surface area (Å²) in [5, 5.41) is 6.59. The van der Waals surface area contributed by atoms with Gasteiger partial charge in [-0.2, -0.15) is 0 Å². The van der Waals surface area contributed by atoms with Gasteiger partial charge < -0.3 is 15.1 Å². The van der Waals surface area contributed by atoms with Crippen LogP contribution >= 0.6 is 0 Å². The molecule has 4 aromatic carbocycles. The summed E-state index contributed by atoms with van der Waals surface area (Å²) >= 11 is 0. The fourth-order valence-corrected chi connectivity index (χ4v) is 3.93. The second-order valence-corrected chi connectivity index (χ2v) is 8.37. The summed E-state index contributed by atoms with van der Waals surface area (Å²) in [6.45, 7) is 1.86. The number of carbonyl (C=O) groups excluding carboxylic acids is 2. The van der Waals surface area contributed by atoms with Crippen LogP contribution in [0.15, 0.2) is 112 Å². The number of aryl methyl sites for hydroxylation is 1. The summed E-state index contributed by atoms with van der Waals surface area (Å²) in [5.41, 5.74) is 4.31. The molecular formula is C30H22N2O4. The summed E-state index contributed by atoms with van der Waals surface area (Å²) in [6.07, 6.45) is 0. The molecule has 2 amide bonds. The van der Waals surface area contributed by atoms with Crippen molar-refractivity contribution in [3.05, 3.63) is 130 Å². The Hall–Kier alpha value is -4.97. The molecule has 0 radical (unpaired) electrons. The largest absolute Gasteiger partial charge is 0.422 e. The number of hydrogen-bond donors (Lipinski definition) is 2. The predicted molar refractivity (Wildman–Crippen MR) is 141 cm³/mol. The Bertz CT molecular complexity index is 1640. The molecule has 0 fully saturated rings. The van der Waals surface area contributed by atoms with Crippen LogP contribution < -0.4 is 16.3 Å². The Morgan fingerprint density at radius 1 is 0.694 bits per heavy atom. The van der Waals surface area contributed by atoms with Crippen LogP contribution in [-0.2, 0) is 0 Å². The molecule has 0 bridgehead atoms. The van der Waals surface area contributed by atoms with E-state index in [1.165, 1.54) is 0 Å². The molecule has 0 aliphatic heterocycles. The molecule has 176 valence electrons. The highest BCUT2D eigenvalue weighted by Crippen LogP contribution is 2.23. The minimum Gasteiger partial charge on any atom is -0.422 e. The Labute approximate surface area is 207 Å². The zero-order chi connectivity index (χ0) is 25.1. The summed E-state index contributed by atoms with van der Waals surface area (Å²) in [4.78, 5) is 37.7. The summed E-state index contributed by atoms with van der Waals surface area (Å²) in [6, 6.07) is 30.2. The van der Waals surface area contributed by atoms with Crippen molar-refractivity contribution in [3.8, 4) is 11.1 Å². The number of benzene rings is 4. The number of amides is 2. The molecule has 5 aromatic rings. The van der Waals surface area contributed by atoms with Crippen molar-refractivity contribution >= 4 is 34.2 Å². The molecule has 0 saturated carbocycles. The monoisotopic (exact) mass is 474 g/mol. The first-order valence-corrected chi connectivity index (χ1v) is 11.4. The molecule has 0 aliphatic rings. The average Bonchev–Trinajstić information content (AvgIpc) is 2.90. The van der Waals surface area contributed by atoms with Gasteiger partial charge in [-0.3, -0.25) is 9.59 Å². The van der Waals surface area contributed by atoms with E-state index in [1.54, 1.807) is 66.7 Å². The van der Waals surface area contributed by atoms with Crippen molar-refractivity contribution in [2.75, 3.05) is 10.6 Å². The normalized spacial score (nSPS) is 10.7. The van der Waals surface area contributed by atoms with Gasteiger partial charge in [0, 0.05) is 27.9 Å². The maximum Gasteiger partial charge on any atom is 0.344 e.